The van der Waals surface area contributed by atoms with Crippen LogP contribution in [-0.2, 0) is 13.1 Å². The molecule has 1 N–H and O–H groups in total. The van der Waals surface area contributed by atoms with Crippen LogP contribution in [0, 0.1) is 22.7 Å². The van der Waals surface area contributed by atoms with E-state index in [1.807, 2.05) is 18.3 Å². The van der Waals surface area contributed by atoms with Crippen molar-refractivity contribution >= 4 is 45.5 Å². The van der Waals surface area contributed by atoms with Crippen molar-refractivity contribution in [3.8, 4) is 17.9 Å². The van der Waals surface area contributed by atoms with E-state index in [9.17, 15) is 5.26 Å². The highest BCUT2D eigenvalue weighted by Crippen LogP contribution is 2.38. The lowest BCUT2D eigenvalue weighted by molar-refractivity contribution is 0.122. The Hall–Kier alpha value is -3.92. The number of benzene rings is 2. The van der Waals surface area contributed by atoms with Gasteiger partial charge in [-0.25, -0.2) is 0 Å². The third-order valence-corrected chi connectivity index (χ3v) is 7.36. The minimum absolute atomic E-state index is 0.406. The Kier molecular flexibility index (Phi) is 8.11. The van der Waals surface area contributed by atoms with Crippen LogP contribution in [0.4, 0.5) is 11.4 Å². The molecule has 4 aromatic rings. The molecule has 10 heteroatoms. The molecule has 0 radical (unpaired) electrons. The molecule has 5 rings (SSSR count). The SMILES string of the molecule is COc1cc(Nc2c(C#N)cnc3cc(CN4CCN(Cc5cncc(C#N)c5)CC4)ccc23)c(Cl)cc1Cl. The Labute approximate surface area is 237 Å². The second kappa shape index (κ2) is 11.9. The molecule has 0 atom stereocenters. The van der Waals surface area contributed by atoms with Crippen molar-refractivity contribution in [2.45, 2.75) is 13.1 Å². The van der Waals surface area contributed by atoms with Crippen molar-refractivity contribution in [1.29, 1.82) is 10.5 Å². The lowest BCUT2D eigenvalue weighted by atomic mass is 10.1. The first-order valence-corrected chi connectivity index (χ1v) is 13.1. The predicted octanol–water partition coefficient (Wildman–Crippen LogP) is 5.75. The van der Waals surface area contributed by atoms with Crippen LogP contribution in [0.15, 0.2) is 55.0 Å². The topological polar surface area (TPSA) is 101 Å². The van der Waals surface area contributed by atoms with Crippen molar-refractivity contribution in [3.63, 3.8) is 0 Å². The Morgan fingerprint density at radius 3 is 2.33 bits per heavy atom. The Balaban J connectivity index is 1.29. The third-order valence-electron chi connectivity index (χ3n) is 6.76. The van der Waals surface area contributed by atoms with Crippen LogP contribution in [0.5, 0.6) is 5.75 Å². The lowest BCUT2D eigenvalue weighted by Gasteiger charge is -2.34. The highest BCUT2D eigenvalue weighted by molar-refractivity contribution is 6.37. The van der Waals surface area contributed by atoms with E-state index in [-0.39, 0.29) is 0 Å². The number of nitriles is 2. The predicted molar refractivity (Wildman–Crippen MR) is 152 cm³/mol. The van der Waals surface area contributed by atoms with Gasteiger partial charge in [-0.3, -0.25) is 19.8 Å². The molecule has 2 aromatic heterocycles. The molecule has 39 heavy (non-hydrogen) atoms. The van der Waals surface area contributed by atoms with Gasteiger partial charge in [-0.1, -0.05) is 35.3 Å². The number of nitrogens with zero attached hydrogens (tertiary/aromatic N) is 6. The van der Waals surface area contributed by atoms with E-state index in [1.165, 1.54) is 7.11 Å². The summed E-state index contributed by atoms with van der Waals surface area (Å²) in [6.07, 6.45) is 4.99. The zero-order valence-corrected chi connectivity index (χ0v) is 22.8. The number of fused-ring (bicyclic) bond motifs is 1. The molecular formula is C29H25Cl2N7O. The van der Waals surface area contributed by atoms with Gasteiger partial charge in [0.15, 0.2) is 0 Å². The molecule has 196 valence electrons. The first-order chi connectivity index (χ1) is 19.0. The van der Waals surface area contributed by atoms with Crippen LogP contribution in [0.25, 0.3) is 10.9 Å². The molecular weight excluding hydrogens is 533 g/mol. The summed E-state index contributed by atoms with van der Waals surface area (Å²) in [7, 11) is 1.54. The van der Waals surface area contributed by atoms with Crippen molar-refractivity contribution in [1.82, 2.24) is 19.8 Å². The van der Waals surface area contributed by atoms with Crippen molar-refractivity contribution in [2.24, 2.45) is 0 Å². The molecule has 8 nitrogen and oxygen atoms in total. The Morgan fingerprint density at radius 2 is 1.64 bits per heavy atom. The average molecular weight is 558 g/mol. The fourth-order valence-electron chi connectivity index (χ4n) is 4.73. The zero-order valence-electron chi connectivity index (χ0n) is 21.3. The number of pyridine rings is 2. The van der Waals surface area contributed by atoms with Gasteiger partial charge in [0.05, 0.1) is 45.2 Å². The minimum Gasteiger partial charge on any atom is -0.495 e. The van der Waals surface area contributed by atoms with Crippen molar-refractivity contribution in [3.05, 3.63) is 87.3 Å². The van der Waals surface area contributed by atoms with Gasteiger partial charge in [0.2, 0.25) is 0 Å². The molecule has 0 aliphatic carbocycles. The summed E-state index contributed by atoms with van der Waals surface area (Å²) in [6.45, 7) is 5.35. The molecule has 1 aliphatic heterocycles. The van der Waals surface area contributed by atoms with Gasteiger partial charge < -0.3 is 10.1 Å². The maximum atomic E-state index is 9.74. The van der Waals surface area contributed by atoms with Crippen LogP contribution in [-0.4, -0.2) is 53.1 Å². The van der Waals surface area contributed by atoms with Gasteiger partial charge in [0.1, 0.15) is 17.9 Å². The number of nitrogens with one attached hydrogen (secondary N) is 1. The van der Waals surface area contributed by atoms with Crippen LogP contribution in [0.2, 0.25) is 10.0 Å². The summed E-state index contributed by atoms with van der Waals surface area (Å²) in [5.41, 5.74) is 5.20. The van der Waals surface area contributed by atoms with E-state index in [1.54, 1.807) is 24.5 Å². The van der Waals surface area contributed by atoms with E-state index in [0.29, 0.717) is 38.3 Å². The molecule has 3 heterocycles. The standard InChI is InChI=1S/C29H25Cl2N7O/c1-39-28-11-27(24(30)10-25(28)31)36-29-22(13-33)16-35-26-9-19(2-3-23(26)29)17-37-4-6-38(7-5-37)18-21-8-20(12-32)14-34-15-21/h2-3,8-11,14-16H,4-7,17-18H2,1H3,(H,35,36). The number of hydrogen-bond donors (Lipinski definition) is 1. The quantitative estimate of drug-likeness (QED) is 0.306. The smallest absolute Gasteiger partial charge is 0.139 e. The van der Waals surface area contributed by atoms with Crippen molar-refractivity contribution < 1.29 is 4.74 Å². The van der Waals surface area contributed by atoms with E-state index >= 15 is 0 Å². The second-order valence-electron chi connectivity index (χ2n) is 9.35. The molecule has 0 spiro atoms. The molecule has 0 bridgehead atoms. The van der Waals surface area contributed by atoms with Gasteiger partial charge in [-0.15, -0.1) is 0 Å². The highest BCUT2D eigenvalue weighted by Gasteiger charge is 2.19. The number of halogens is 2. The first kappa shape index (κ1) is 26.7. The van der Waals surface area contributed by atoms with Gasteiger partial charge in [-0.05, 0) is 29.3 Å². The van der Waals surface area contributed by atoms with Gasteiger partial charge >= 0.3 is 0 Å². The summed E-state index contributed by atoms with van der Waals surface area (Å²) >= 11 is 12.6. The molecule has 0 saturated carbocycles. The van der Waals surface area contributed by atoms with Crippen LogP contribution < -0.4 is 10.1 Å². The highest BCUT2D eigenvalue weighted by atomic mass is 35.5. The number of anilines is 2. The largest absolute Gasteiger partial charge is 0.495 e. The normalized spacial score (nSPS) is 14.1. The lowest BCUT2D eigenvalue weighted by Crippen LogP contribution is -2.45. The van der Waals surface area contributed by atoms with Gasteiger partial charge in [0, 0.05) is 69.3 Å². The molecule has 1 saturated heterocycles. The van der Waals surface area contributed by atoms with E-state index < -0.39 is 0 Å². The molecule has 0 amide bonds. The average Bonchev–Trinajstić information content (AvgIpc) is 2.95. The molecule has 0 unspecified atom stereocenters. The first-order valence-electron chi connectivity index (χ1n) is 12.4. The summed E-state index contributed by atoms with van der Waals surface area (Å²) in [5.74, 6) is 0.482. The number of piperazine rings is 1. The fraction of sp³-hybridized carbons (Fsp3) is 0.241. The van der Waals surface area contributed by atoms with Crippen LogP contribution >= 0.6 is 23.2 Å². The van der Waals surface area contributed by atoms with Crippen molar-refractivity contribution in [2.75, 3.05) is 38.6 Å². The number of aromatic nitrogens is 2. The fourth-order valence-corrected chi connectivity index (χ4v) is 5.24. The van der Waals surface area contributed by atoms with Crippen LogP contribution in [0.1, 0.15) is 22.3 Å². The minimum atomic E-state index is 0.406. The van der Waals surface area contributed by atoms with E-state index in [4.69, 9.17) is 33.2 Å². The zero-order chi connectivity index (χ0) is 27.4. The summed E-state index contributed by atoms with van der Waals surface area (Å²) in [6, 6.07) is 15.7. The second-order valence-corrected chi connectivity index (χ2v) is 10.2. The summed E-state index contributed by atoms with van der Waals surface area (Å²) in [5, 5.41) is 23.8. The third kappa shape index (κ3) is 6.06. The monoisotopic (exact) mass is 557 g/mol. The Bertz CT molecular complexity index is 1600. The summed E-state index contributed by atoms with van der Waals surface area (Å²) < 4.78 is 5.33. The van der Waals surface area contributed by atoms with E-state index in [2.05, 4.69) is 49.4 Å². The maximum Gasteiger partial charge on any atom is 0.139 e. The number of rotatable bonds is 7. The molecule has 2 aromatic carbocycles. The summed E-state index contributed by atoms with van der Waals surface area (Å²) in [4.78, 5) is 13.5. The van der Waals surface area contributed by atoms with E-state index in [0.717, 1.165) is 61.3 Å². The number of hydrogen-bond acceptors (Lipinski definition) is 8. The van der Waals surface area contributed by atoms with Gasteiger partial charge in [-0.2, -0.15) is 10.5 Å². The van der Waals surface area contributed by atoms with Gasteiger partial charge in [0.25, 0.3) is 0 Å². The maximum absolute atomic E-state index is 9.74. The molecule has 1 aliphatic rings. The number of ether oxygens (including phenoxy) is 1. The Morgan fingerprint density at radius 1 is 0.897 bits per heavy atom. The molecule has 1 fully saturated rings. The van der Waals surface area contributed by atoms with Crippen LogP contribution in [0.3, 0.4) is 0 Å². The number of methoxy groups -OCH3 is 1.